The number of rotatable bonds is 1. The van der Waals surface area contributed by atoms with Crippen LogP contribution in [-0.4, -0.2) is 14.8 Å². The molecule has 1 aromatic heterocycles. The SMILES string of the molecule is CC(C)(C)n1c(C2CCC2)n[nH]c1=O. The predicted octanol–water partition coefficient (Wildman–Crippen LogP) is 1.59. The van der Waals surface area contributed by atoms with Crippen molar-refractivity contribution >= 4 is 0 Å². The standard InChI is InChI=1S/C10H17N3O/c1-10(2,3)13-8(7-5-4-6-7)11-12-9(13)14/h7H,4-6H2,1-3H3,(H,12,14). The van der Waals surface area contributed by atoms with Crippen LogP contribution < -0.4 is 5.69 Å². The minimum atomic E-state index is -0.172. The van der Waals surface area contributed by atoms with E-state index in [1.54, 1.807) is 4.57 Å². The molecule has 0 radical (unpaired) electrons. The van der Waals surface area contributed by atoms with Crippen molar-refractivity contribution < 1.29 is 0 Å². The fraction of sp³-hybridized carbons (Fsp3) is 0.800. The van der Waals surface area contributed by atoms with Crippen LogP contribution in [-0.2, 0) is 5.54 Å². The van der Waals surface area contributed by atoms with Gasteiger partial charge in [-0.25, -0.2) is 9.89 Å². The van der Waals surface area contributed by atoms with Gasteiger partial charge in [0.05, 0.1) is 0 Å². The number of aromatic amines is 1. The lowest BCUT2D eigenvalue weighted by Crippen LogP contribution is -2.35. The van der Waals surface area contributed by atoms with Crippen molar-refractivity contribution in [1.82, 2.24) is 14.8 Å². The third-order valence-electron chi connectivity index (χ3n) is 2.84. The quantitative estimate of drug-likeness (QED) is 0.739. The number of H-pyrrole nitrogens is 1. The van der Waals surface area contributed by atoms with Crippen LogP contribution >= 0.6 is 0 Å². The summed E-state index contributed by atoms with van der Waals surface area (Å²) < 4.78 is 1.79. The Balaban J connectivity index is 2.45. The van der Waals surface area contributed by atoms with E-state index in [0.717, 1.165) is 5.82 Å². The summed E-state index contributed by atoms with van der Waals surface area (Å²) in [6, 6.07) is 0. The van der Waals surface area contributed by atoms with E-state index in [4.69, 9.17) is 0 Å². The van der Waals surface area contributed by atoms with Crippen LogP contribution in [0.25, 0.3) is 0 Å². The number of aromatic nitrogens is 3. The van der Waals surface area contributed by atoms with E-state index >= 15 is 0 Å². The number of nitrogens with zero attached hydrogens (tertiary/aromatic N) is 2. The second-order valence-electron chi connectivity index (χ2n) is 5.02. The molecule has 1 heterocycles. The van der Waals surface area contributed by atoms with E-state index in [1.165, 1.54) is 19.3 Å². The Morgan fingerprint density at radius 2 is 2.07 bits per heavy atom. The first-order valence-electron chi connectivity index (χ1n) is 5.18. The smallest absolute Gasteiger partial charge is 0.273 e. The molecule has 4 nitrogen and oxygen atoms in total. The monoisotopic (exact) mass is 195 g/mol. The maximum absolute atomic E-state index is 11.6. The lowest BCUT2D eigenvalue weighted by molar-refractivity contribution is 0.323. The highest BCUT2D eigenvalue weighted by molar-refractivity contribution is 5.03. The Hall–Kier alpha value is -1.06. The van der Waals surface area contributed by atoms with Crippen molar-refractivity contribution in [1.29, 1.82) is 0 Å². The van der Waals surface area contributed by atoms with E-state index in [-0.39, 0.29) is 11.2 Å². The Labute approximate surface area is 83.3 Å². The van der Waals surface area contributed by atoms with Crippen LogP contribution in [0.4, 0.5) is 0 Å². The second kappa shape index (κ2) is 2.97. The highest BCUT2D eigenvalue weighted by Crippen LogP contribution is 2.35. The summed E-state index contributed by atoms with van der Waals surface area (Å²) >= 11 is 0. The molecule has 0 saturated heterocycles. The lowest BCUT2D eigenvalue weighted by Gasteiger charge is -2.29. The molecule has 14 heavy (non-hydrogen) atoms. The molecular weight excluding hydrogens is 178 g/mol. The highest BCUT2D eigenvalue weighted by atomic mass is 16.1. The third-order valence-corrected chi connectivity index (χ3v) is 2.84. The zero-order valence-electron chi connectivity index (χ0n) is 9.00. The van der Waals surface area contributed by atoms with Crippen LogP contribution in [0.15, 0.2) is 4.79 Å². The predicted molar refractivity (Wildman–Crippen MR) is 54.4 cm³/mol. The van der Waals surface area contributed by atoms with E-state index in [2.05, 4.69) is 10.2 Å². The normalized spacial score (nSPS) is 18.2. The first-order chi connectivity index (χ1) is 6.50. The number of hydrogen-bond donors (Lipinski definition) is 1. The number of nitrogens with one attached hydrogen (secondary N) is 1. The Morgan fingerprint density at radius 1 is 1.43 bits per heavy atom. The minimum Gasteiger partial charge on any atom is -0.273 e. The molecule has 0 bridgehead atoms. The van der Waals surface area contributed by atoms with Gasteiger partial charge in [0.2, 0.25) is 0 Å². The summed E-state index contributed by atoms with van der Waals surface area (Å²) in [5.74, 6) is 1.43. The van der Waals surface area contributed by atoms with Crippen molar-refractivity contribution in [2.75, 3.05) is 0 Å². The molecule has 78 valence electrons. The topological polar surface area (TPSA) is 50.7 Å². The zero-order valence-corrected chi connectivity index (χ0v) is 9.00. The maximum Gasteiger partial charge on any atom is 0.343 e. The highest BCUT2D eigenvalue weighted by Gasteiger charge is 2.29. The van der Waals surface area contributed by atoms with Crippen LogP contribution in [0.1, 0.15) is 51.8 Å². The van der Waals surface area contributed by atoms with Crippen molar-refractivity contribution in [3.05, 3.63) is 16.3 Å². The van der Waals surface area contributed by atoms with Gasteiger partial charge in [0, 0.05) is 11.5 Å². The molecule has 1 N–H and O–H groups in total. The summed E-state index contributed by atoms with van der Waals surface area (Å²) in [7, 11) is 0. The van der Waals surface area contributed by atoms with Gasteiger partial charge in [0.1, 0.15) is 5.82 Å². The minimum absolute atomic E-state index is 0.0839. The summed E-state index contributed by atoms with van der Waals surface area (Å²) in [4.78, 5) is 11.6. The Bertz CT molecular complexity index is 379. The molecule has 4 heteroatoms. The fourth-order valence-electron chi connectivity index (χ4n) is 1.90. The molecule has 1 fully saturated rings. The van der Waals surface area contributed by atoms with Gasteiger partial charge in [-0.15, -0.1) is 0 Å². The van der Waals surface area contributed by atoms with Crippen LogP contribution in [0.2, 0.25) is 0 Å². The van der Waals surface area contributed by atoms with Crippen molar-refractivity contribution in [2.24, 2.45) is 0 Å². The molecule has 0 amide bonds. The van der Waals surface area contributed by atoms with E-state index in [9.17, 15) is 4.79 Å². The van der Waals surface area contributed by atoms with Gasteiger partial charge < -0.3 is 0 Å². The first kappa shape index (κ1) is 9.49. The first-order valence-corrected chi connectivity index (χ1v) is 5.18. The fourth-order valence-corrected chi connectivity index (χ4v) is 1.90. The lowest BCUT2D eigenvalue weighted by atomic mass is 9.84. The Kier molecular flexibility index (Phi) is 2.01. The zero-order chi connectivity index (χ0) is 10.3. The molecule has 0 aliphatic heterocycles. The summed E-state index contributed by atoms with van der Waals surface area (Å²) in [6.45, 7) is 6.10. The average Bonchev–Trinajstić information content (AvgIpc) is 2.26. The molecule has 2 rings (SSSR count). The molecular formula is C10H17N3O. The van der Waals surface area contributed by atoms with Gasteiger partial charge in [0.15, 0.2) is 0 Å². The number of hydrogen-bond acceptors (Lipinski definition) is 2. The molecule has 0 aromatic carbocycles. The van der Waals surface area contributed by atoms with Gasteiger partial charge in [-0.1, -0.05) is 6.42 Å². The van der Waals surface area contributed by atoms with Gasteiger partial charge >= 0.3 is 5.69 Å². The van der Waals surface area contributed by atoms with Crippen molar-refractivity contribution in [3.63, 3.8) is 0 Å². The third kappa shape index (κ3) is 1.38. The van der Waals surface area contributed by atoms with Gasteiger partial charge in [0.25, 0.3) is 0 Å². The largest absolute Gasteiger partial charge is 0.343 e. The van der Waals surface area contributed by atoms with Crippen molar-refractivity contribution in [3.8, 4) is 0 Å². The molecule has 1 saturated carbocycles. The van der Waals surface area contributed by atoms with Gasteiger partial charge in [-0.2, -0.15) is 5.10 Å². The molecule has 0 spiro atoms. The van der Waals surface area contributed by atoms with Gasteiger partial charge in [-0.3, -0.25) is 4.57 Å². The maximum atomic E-state index is 11.6. The Morgan fingerprint density at radius 3 is 2.50 bits per heavy atom. The van der Waals surface area contributed by atoms with E-state index in [1.807, 2.05) is 20.8 Å². The van der Waals surface area contributed by atoms with Gasteiger partial charge in [-0.05, 0) is 33.6 Å². The van der Waals surface area contributed by atoms with E-state index in [0.29, 0.717) is 5.92 Å². The summed E-state index contributed by atoms with van der Waals surface area (Å²) in [5.41, 5.74) is -0.256. The van der Waals surface area contributed by atoms with Crippen molar-refractivity contribution in [2.45, 2.75) is 51.5 Å². The molecule has 0 unspecified atom stereocenters. The second-order valence-corrected chi connectivity index (χ2v) is 5.02. The molecule has 1 aromatic rings. The van der Waals surface area contributed by atoms with Crippen LogP contribution in [0, 0.1) is 0 Å². The molecule has 1 aliphatic rings. The van der Waals surface area contributed by atoms with Crippen LogP contribution in [0.3, 0.4) is 0 Å². The summed E-state index contributed by atoms with van der Waals surface area (Å²) in [6.07, 6.45) is 3.59. The average molecular weight is 195 g/mol. The van der Waals surface area contributed by atoms with Crippen LogP contribution in [0.5, 0.6) is 0 Å². The summed E-state index contributed by atoms with van der Waals surface area (Å²) in [5, 5.41) is 6.68. The van der Waals surface area contributed by atoms with E-state index < -0.39 is 0 Å². The molecule has 0 atom stereocenters. The molecule has 1 aliphatic carbocycles.